The Bertz CT molecular complexity index is 340. The number of hydrogen-bond donors (Lipinski definition) is 2. The van der Waals surface area contributed by atoms with Crippen LogP contribution in [-0.2, 0) is 17.9 Å². The summed E-state index contributed by atoms with van der Waals surface area (Å²) in [6, 6.07) is 8.25. The van der Waals surface area contributed by atoms with Crippen molar-refractivity contribution >= 4 is 0 Å². The Morgan fingerprint density at radius 3 is 2.28 bits per heavy atom. The van der Waals surface area contributed by atoms with E-state index in [1.807, 2.05) is 12.1 Å². The van der Waals surface area contributed by atoms with Gasteiger partial charge in [-0.1, -0.05) is 38.1 Å². The first-order valence-electron chi connectivity index (χ1n) is 6.63. The van der Waals surface area contributed by atoms with Crippen molar-refractivity contribution in [1.29, 1.82) is 0 Å². The molecule has 0 aromatic heterocycles. The molecule has 3 heteroatoms. The van der Waals surface area contributed by atoms with E-state index in [-0.39, 0.29) is 12.1 Å². The van der Waals surface area contributed by atoms with Gasteiger partial charge in [-0.2, -0.15) is 0 Å². The summed E-state index contributed by atoms with van der Waals surface area (Å²) in [5, 5.41) is 13.0. The van der Waals surface area contributed by atoms with Crippen molar-refractivity contribution in [2.45, 2.75) is 45.4 Å². The average Bonchev–Trinajstić information content (AvgIpc) is 2.43. The lowest BCUT2D eigenvalue weighted by Crippen LogP contribution is -2.47. The molecule has 0 unspecified atom stereocenters. The van der Waals surface area contributed by atoms with Crippen molar-refractivity contribution in [3.05, 3.63) is 35.4 Å². The molecule has 0 atom stereocenters. The van der Waals surface area contributed by atoms with E-state index < -0.39 is 0 Å². The van der Waals surface area contributed by atoms with Gasteiger partial charge in [0.2, 0.25) is 0 Å². The first-order valence-corrected chi connectivity index (χ1v) is 6.63. The first kappa shape index (κ1) is 15.2. The van der Waals surface area contributed by atoms with Gasteiger partial charge in [-0.05, 0) is 24.0 Å². The zero-order valence-electron chi connectivity index (χ0n) is 11.7. The summed E-state index contributed by atoms with van der Waals surface area (Å²) < 4.78 is 5.20. The van der Waals surface area contributed by atoms with Crippen LogP contribution in [-0.4, -0.2) is 24.4 Å². The molecule has 0 spiro atoms. The van der Waals surface area contributed by atoms with Crippen LogP contribution in [0.1, 0.15) is 37.8 Å². The molecule has 0 radical (unpaired) electrons. The summed E-state index contributed by atoms with van der Waals surface area (Å²) in [7, 11) is 1.71. The van der Waals surface area contributed by atoms with Crippen LogP contribution < -0.4 is 5.32 Å². The van der Waals surface area contributed by atoms with E-state index in [0.717, 1.165) is 19.4 Å². The van der Waals surface area contributed by atoms with E-state index in [0.29, 0.717) is 6.61 Å². The molecular weight excluding hydrogens is 226 g/mol. The minimum atomic E-state index is -0.166. The van der Waals surface area contributed by atoms with E-state index in [1.165, 1.54) is 11.1 Å². The highest BCUT2D eigenvalue weighted by Gasteiger charge is 2.24. The van der Waals surface area contributed by atoms with Crippen molar-refractivity contribution in [2.75, 3.05) is 13.7 Å². The molecule has 1 aromatic carbocycles. The third kappa shape index (κ3) is 3.80. The van der Waals surface area contributed by atoms with Gasteiger partial charge in [-0.25, -0.2) is 0 Å². The fraction of sp³-hybridized carbons (Fsp3) is 0.600. The molecule has 0 saturated heterocycles. The summed E-state index contributed by atoms with van der Waals surface area (Å²) in [5.74, 6) is 0. The van der Waals surface area contributed by atoms with Crippen molar-refractivity contribution in [3.63, 3.8) is 0 Å². The fourth-order valence-corrected chi connectivity index (χ4v) is 2.09. The number of rotatable bonds is 8. The molecule has 0 fully saturated rings. The van der Waals surface area contributed by atoms with Crippen LogP contribution in [0.2, 0.25) is 0 Å². The van der Waals surface area contributed by atoms with Crippen molar-refractivity contribution < 1.29 is 9.84 Å². The second-order valence-corrected chi connectivity index (χ2v) is 4.70. The zero-order chi connectivity index (χ0) is 13.4. The van der Waals surface area contributed by atoms with Gasteiger partial charge in [0.15, 0.2) is 0 Å². The molecule has 0 saturated carbocycles. The lowest BCUT2D eigenvalue weighted by atomic mass is 9.93. The van der Waals surface area contributed by atoms with Crippen molar-refractivity contribution in [2.24, 2.45) is 0 Å². The minimum absolute atomic E-state index is 0.166. The maximum Gasteiger partial charge on any atom is 0.0716 e. The lowest BCUT2D eigenvalue weighted by Gasteiger charge is -2.31. The van der Waals surface area contributed by atoms with E-state index >= 15 is 0 Å². The second-order valence-electron chi connectivity index (χ2n) is 4.70. The van der Waals surface area contributed by atoms with Crippen molar-refractivity contribution in [1.82, 2.24) is 5.32 Å². The number of aliphatic hydroxyl groups excluding tert-OH is 1. The van der Waals surface area contributed by atoms with Gasteiger partial charge in [0.1, 0.15) is 0 Å². The van der Waals surface area contributed by atoms with Crippen LogP contribution >= 0.6 is 0 Å². The second kappa shape index (κ2) is 7.52. The molecule has 2 N–H and O–H groups in total. The molecule has 1 aromatic rings. The number of hydrogen-bond acceptors (Lipinski definition) is 3. The summed E-state index contributed by atoms with van der Waals surface area (Å²) in [4.78, 5) is 0. The molecule has 102 valence electrons. The van der Waals surface area contributed by atoms with Crippen LogP contribution in [0.4, 0.5) is 0 Å². The molecule has 1 rings (SSSR count). The molecular formula is C15H25NO2. The normalized spacial score (nSPS) is 11.8. The SMILES string of the molecule is CCC(CC)(CO)NCc1ccccc1COC. The number of ether oxygens (including phenoxy) is 1. The molecule has 18 heavy (non-hydrogen) atoms. The number of aliphatic hydroxyl groups is 1. The molecule has 0 aliphatic rings. The predicted octanol–water partition coefficient (Wildman–Crippen LogP) is 2.47. The summed E-state index contributed by atoms with van der Waals surface area (Å²) in [6.07, 6.45) is 1.85. The largest absolute Gasteiger partial charge is 0.394 e. The van der Waals surface area contributed by atoms with Gasteiger partial charge in [0.05, 0.1) is 13.2 Å². The van der Waals surface area contributed by atoms with E-state index in [4.69, 9.17) is 4.74 Å². The number of methoxy groups -OCH3 is 1. The Kier molecular flexibility index (Phi) is 6.33. The third-order valence-electron chi connectivity index (χ3n) is 3.73. The van der Waals surface area contributed by atoms with Crippen LogP contribution in [0.5, 0.6) is 0 Å². The zero-order valence-corrected chi connectivity index (χ0v) is 11.7. The van der Waals surface area contributed by atoms with Crippen molar-refractivity contribution in [3.8, 4) is 0 Å². The molecule has 0 heterocycles. The lowest BCUT2D eigenvalue weighted by molar-refractivity contribution is 0.148. The Balaban J connectivity index is 2.72. The number of benzene rings is 1. The molecule has 0 bridgehead atoms. The Morgan fingerprint density at radius 2 is 1.78 bits per heavy atom. The Morgan fingerprint density at radius 1 is 1.17 bits per heavy atom. The smallest absolute Gasteiger partial charge is 0.0716 e. The quantitative estimate of drug-likeness (QED) is 0.746. The third-order valence-corrected chi connectivity index (χ3v) is 3.73. The van der Waals surface area contributed by atoms with Crippen LogP contribution in [0.25, 0.3) is 0 Å². The summed E-state index contributed by atoms with van der Waals surface area (Å²) in [5.41, 5.74) is 2.27. The molecule has 0 aliphatic carbocycles. The average molecular weight is 251 g/mol. The van der Waals surface area contributed by atoms with Crippen LogP contribution in [0.15, 0.2) is 24.3 Å². The van der Waals surface area contributed by atoms with E-state index in [2.05, 4.69) is 31.3 Å². The van der Waals surface area contributed by atoms with Gasteiger partial charge >= 0.3 is 0 Å². The summed E-state index contributed by atoms with van der Waals surface area (Å²) in [6.45, 7) is 5.78. The highest BCUT2D eigenvalue weighted by Crippen LogP contribution is 2.17. The summed E-state index contributed by atoms with van der Waals surface area (Å²) >= 11 is 0. The molecule has 3 nitrogen and oxygen atoms in total. The van der Waals surface area contributed by atoms with Crippen LogP contribution in [0, 0.1) is 0 Å². The predicted molar refractivity (Wildman–Crippen MR) is 74.4 cm³/mol. The van der Waals surface area contributed by atoms with Gasteiger partial charge < -0.3 is 15.2 Å². The Hall–Kier alpha value is -0.900. The van der Waals surface area contributed by atoms with E-state index in [9.17, 15) is 5.11 Å². The first-order chi connectivity index (χ1) is 8.71. The van der Waals surface area contributed by atoms with Gasteiger partial charge in [-0.3, -0.25) is 0 Å². The standard InChI is InChI=1S/C15H25NO2/c1-4-15(5-2,12-17)16-10-13-8-6-7-9-14(13)11-18-3/h6-9,16-17H,4-5,10-12H2,1-3H3. The fourth-order valence-electron chi connectivity index (χ4n) is 2.09. The highest BCUT2D eigenvalue weighted by molar-refractivity contribution is 5.26. The van der Waals surface area contributed by atoms with Gasteiger partial charge in [0, 0.05) is 19.2 Å². The number of nitrogens with one attached hydrogen (secondary N) is 1. The monoisotopic (exact) mass is 251 g/mol. The topological polar surface area (TPSA) is 41.5 Å². The van der Waals surface area contributed by atoms with Crippen LogP contribution in [0.3, 0.4) is 0 Å². The van der Waals surface area contributed by atoms with E-state index in [1.54, 1.807) is 7.11 Å². The minimum Gasteiger partial charge on any atom is -0.394 e. The maximum atomic E-state index is 9.54. The maximum absolute atomic E-state index is 9.54. The molecule has 0 amide bonds. The Labute approximate surface area is 110 Å². The molecule has 0 aliphatic heterocycles. The van der Waals surface area contributed by atoms with Gasteiger partial charge in [-0.15, -0.1) is 0 Å². The highest BCUT2D eigenvalue weighted by atomic mass is 16.5. The van der Waals surface area contributed by atoms with Gasteiger partial charge in [0.25, 0.3) is 0 Å².